The molecule has 1 aromatic carbocycles. The van der Waals surface area contributed by atoms with Gasteiger partial charge in [0.1, 0.15) is 11.5 Å². The zero-order valence-corrected chi connectivity index (χ0v) is 17.3. The lowest BCUT2D eigenvalue weighted by Crippen LogP contribution is -2.42. The van der Waals surface area contributed by atoms with E-state index >= 15 is 0 Å². The maximum atomic E-state index is 13.8. The minimum atomic E-state index is -3.02. The van der Waals surface area contributed by atoms with Crippen LogP contribution in [-0.4, -0.2) is 54.9 Å². The van der Waals surface area contributed by atoms with Crippen molar-refractivity contribution >= 4 is 11.9 Å². The summed E-state index contributed by atoms with van der Waals surface area (Å²) >= 11 is 0. The molecule has 0 unspecified atom stereocenters. The Hall–Kier alpha value is -3.50. The summed E-state index contributed by atoms with van der Waals surface area (Å²) in [6.07, 6.45) is 4.99. The molecule has 0 fully saturated rings. The summed E-state index contributed by atoms with van der Waals surface area (Å²) in [5, 5.41) is 10.9. The summed E-state index contributed by atoms with van der Waals surface area (Å²) in [5.41, 5.74) is 0.192. The number of nitrogens with one attached hydrogen (secondary N) is 1. The van der Waals surface area contributed by atoms with Gasteiger partial charge in [-0.1, -0.05) is 0 Å². The second kappa shape index (κ2) is 9.11. The monoisotopic (exact) mass is 433 g/mol. The number of nitrogens with zero attached hydrogens (tertiary/aromatic N) is 6. The van der Waals surface area contributed by atoms with E-state index in [4.69, 9.17) is 0 Å². The maximum absolute atomic E-state index is 13.8. The Morgan fingerprint density at radius 1 is 1.23 bits per heavy atom. The van der Waals surface area contributed by atoms with Crippen molar-refractivity contribution < 1.29 is 18.0 Å². The van der Waals surface area contributed by atoms with Gasteiger partial charge < -0.3 is 10.2 Å². The van der Waals surface area contributed by atoms with Crippen LogP contribution in [0.1, 0.15) is 36.7 Å². The third kappa shape index (κ3) is 5.16. The first-order chi connectivity index (χ1) is 14.7. The normalized spacial score (nSPS) is 12.5. The summed E-state index contributed by atoms with van der Waals surface area (Å²) in [7, 11) is 0. The molecule has 11 heteroatoms. The molecule has 3 rings (SSSR count). The zero-order valence-electron chi connectivity index (χ0n) is 17.3. The second-order valence-electron chi connectivity index (χ2n) is 6.98. The highest BCUT2D eigenvalue weighted by Crippen LogP contribution is 2.25. The van der Waals surface area contributed by atoms with Gasteiger partial charge >= 0.3 is 0 Å². The SMILES string of the molecule is CCN(C(=O)c1ccc(F)cc1-n1nccn1)[C@@H](C)CNc1ncc(C(C)(F)F)cn1. The predicted octanol–water partition coefficient (Wildman–Crippen LogP) is 3.27. The number of halogens is 3. The van der Waals surface area contributed by atoms with E-state index in [0.29, 0.717) is 6.54 Å². The van der Waals surface area contributed by atoms with Crippen molar-refractivity contribution in [1.82, 2.24) is 29.9 Å². The lowest BCUT2D eigenvalue weighted by molar-refractivity contribution is 0.0167. The third-order valence-electron chi connectivity index (χ3n) is 4.67. The largest absolute Gasteiger partial charge is 0.352 e. The van der Waals surface area contributed by atoms with Gasteiger partial charge in [-0.3, -0.25) is 4.79 Å². The van der Waals surface area contributed by atoms with Crippen LogP contribution in [0.2, 0.25) is 0 Å². The average Bonchev–Trinajstić information content (AvgIpc) is 3.27. The number of benzene rings is 1. The summed E-state index contributed by atoms with van der Waals surface area (Å²) < 4.78 is 40.4. The van der Waals surface area contributed by atoms with Crippen LogP contribution in [0, 0.1) is 5.82 Å². The smallest absolute Gasteiger partial charge is 0.273 e. The lowest BCUT2D eigenvalue weighted by Gasteiger charge is -2.29. The van der Waals surface area contributed by atoms with Crippen LogP contribution >= 0.6 is 0 Å². The summed E-state index contributed by atoms with van der Waals surface area (Å²) in [5.74, 6) is -3.69. The van der Waals surface area contributed by atoms with Crippen molar-refractivity contribution in [1.29, 1.82) is 0 Å². The molecule has 0 saturated heterocycles. The summed E-state index contributed by atoms with van der Waals surface area (Å²) in [4.78, 5) is 23.8. The number of anilines is 1. The molecule has 3 aromatic rings. The molecule has 0 aliphatic rings. The quantitative estimate of drug-likeness (QED) is 0.587. The molecule has 164 valence electrons. The highest BCUT2D eigenvalue weighted by molar-refractivity contribution is 5.98. The van der Waals surface area contributed by atoms with Gasteiger partial charge in [0.25, 0.3) is 11.8 Å². The molecule has 0 spiro atoms. The Bertz CT molecular complexity index is 1020. The number of carbonyl (C=O) groups is 1. The van der Waals surface area contributed by atoms with E-state index in [2.05, 4.69) is 25.5 Å². The van der Waals surface area contributed by atoms with E-state index in [1.807, 2.05) is 13.8 Å². The average molecular weight is 433 g/mol. The van der Waals surface area contributed by atoms with Crippen LogP contribution in [0.25, 0.3) is 5.69 Å². The number of hydrogen-bond donors (Lipinski definition) is 1. The predicted molar refractivity (Wildman–Crippen MR) is 108 cm³/mol. The van der Waals surface area contributed by atoms with Crippen LogP contribution in [0.15, 0.2) is 43.0 Å². The molecule has 1 amide bonds. The van der Waals surface area contributed by atoms with E-state index in [1.54, 1.807) is 4.90 Å². The van der Waals surface area contributed by atoms with E-state index in [0.717, 1.165) is 19.3 Å². The molecule has 8 nitrogen and oxygen atoms in total. The van der Waals surface area contributed by atoms with Gasteiger partial charge in [-0.2, -0.15) is 15.0 Å². The standard InChI is InChI=1S/C20H22F3N7O/c1-4-29(13(2)10-24-19-25-11-14(12-26-19)20(3,22)23)18(31)16-6-5-15(21)9-17(16)30-27-7-8-28-30/h5-9,11-13H,4,10H2,1-3H3,(H,24,25,26)/t13-/m0/s1. The first-order valence-electron chi connectivity index (χ1n) is 9.62. The van der Waals surface area contributed by atoms with Crippen LogP contribution in [0.3, 0.4) is 0 Å². The number of amides is 1. The number of hydrogen-bond acceptors (Lipinski definition) is 6. The molecule has 0 aliphatic heterocycles. The highest BCUT2D eigenvalue weighted by Gasteiger charge is 2.26. The molecule has 0 bridgehead atoms. The Kier molecular flexibility index (Phi) is 6.52. The molecule has 1 N–H and O–H groups in total. The fourth-order valence-corrected chi connectivity index (χ4v) is 3.00. The van der Waals surface area contributed by atoms with Gasteiger partial charge in [-0.05, 0) is 26.0 Å². The molecular formula is C20H22F3N7O. The van der Waals surface area contributed by atoms with Gasteiger partial charge in [-0.25, -0.2) is 23.1 Å². The fourth-order valence-electron chi connectivity index (χ4n) is 3.00. The van der Waals surface area contributed by atoms with E-state index in [1.165, 1.54) is 35.4 Å². The minimum Gasteiger partial charge on any atom is -0.352 e. The fraction of sp³-hybridized carbons (Fsp3) is 0.350. The Morgan fingerprint density at radius 3 is 2.45 bits per heavy atom. The van der Waals surface area contributed by atoms with E-state index < -0.39 is 11.7 Å². The second-order valence-corrected chi connectivity index (χ2v) is 6.98. The Labute approximate surface area is 177 Å². The van der Waals surface area contributed by atoms with Gasteiger partial charge in [-0.15, -0.1) is 0 Å². The number of likely N-dealkylation sites (N-methyl/N-ethyl adjacent to an activating group) is 1. The van der Waals surface area contributed by atoms with E-state index in [-0.39, 0.29) is 41.3 Å². The molecule has 1 atom stereocenters. The zero-order chi connectivity index (χ0) is 22.6. The first-order valence-corrected chi connectivity index (χ1v) is 9.62. The van der Waals surface area contributed by atoms with Crippen molar-refractivity contribution in [3.05, 3.63) is 59.9 Å². The topological polar surface area (TPSA) is 88.8 Å². The van der Waals surface area contributed by atoms with Gasteiger partial charge in [0.05, 0.1) is 23.5 Å². The molecule has 0 aliphatic carbocycles. The number of alkyl halides is 2. The molecule has 2 heterocycles. The van der Waals surface area contributed by atoms with Crippen molar-refractivity contribution in [2.24, 2.45) is 0 Å². The third-order valence-corrected chi connectivity index (χ3v) is 4.67. The van der Waals surface area contributed by atoms with E-state index in [9.17, 15) is 18.0 Å². The lowest BCUT2D eigenvalue weighted by atomic mass is 10.1. The summed E-state index contributed by atoms with van der Waals surface area (Å²) in [6, 6.07) is 3.49. The summed E-state index contributed by atoms with van der Waals surface area (Å²) in [6.45, 7) is 5.07. The van der Waals surface area contributed by atoms with Gasteiger partial charge in [0.15, 0.2) is 0 Å². The number of rotatable bonds is 8. The highest BCUT2D eigenvalue weighted by atomic mass is 19.3. The van der Waals surface area contributed by atoms with Gasteiger partial charge in [0, 0.05) is 44.5 Å². The maximum Gasteiger partial charge on any atom is 0.273 e. The van der Waals surface area contributed by atoms with Crippen molar-refractivity contribution in [2.75, 3.05) is 18.4 Å². The van der Waals surface area contributed by atoms with Crippen LogP contribution in [-0.2, 0) is 5.92 Å². The minimum absolute atomic E-state index is 0.173. The number of carbonyl (C=O) groups excluding carboxylic acids is 1. The van der Waals surface area contributed by atoms with Crippen LogP contribution < -0.4 is 5.32 Å². The molecule has 2 aromatic heterocycles. The Morgan fingerprint density at radius 2 is 1.87 bits per heavy atom. The molecular weight excluding hydrogens is 411 g/mol. The van der Waals surface area contributed by atoms with Crippen LogP contribution in [0.5, 0.6) is 0 Å². The first kappa shape index (κ1) is 22.2. The molecule has 0 saturated carbocycles. The van der Waals surface area contributed by atoms with Crippen molar-refractivity contribution in [2.45, 2.75) is 32.7 Å². The van der Waals surface area contributed by atoms with Gasteiger partial charge in [0.2, 0.25) is 5.95 Å². The molecule has 31 heavy (non-hydrogen) atoms. The Balaban J connectivity index is 1.74. The van der Waals surface area contributed by atoms with Crippen molar-refractivity contribution in [3.63, 3.8) is 0 Å². The molecule has 0 radical (unpaired) electrons. The van der Waals surface area contributed by atoms with Crippen molar-refractivity contribution in [3.8, 4) is 5.69 Å². The van der Waals surface area contributed by atoms with Crippen LogP contribution in [0.4, 0.5) is 19.1 Å². The number of aromatic nitrogens is 5.